The Balaban J connectivity index is 1.23. The summed E-state index contributed by atoms with van der Waals surface area (Å²) in [5.41, 5.74) is 3.98. The van der Waals surface area contributed by atoms with Gasteiger partial charge in [0.15, 0.2) is 0 Å². The number of aromatic nitrogens is 4. The Hall–Kier alpha value is -5.40. The number of hydrogen-bond donors (Lipinski definition) is 6. The Labute approximate surface area is 304 Å². The van der Waals surface area contributed by atoms with Gasteiger partial charge in [-0.2, -0.15) is 0 Å². The minimum Gasteiger partial charge on any atom is -0.453 e. The summed E-state index contributed by atoms with van der Waals surface area (Å²) >= 11 is 0. The van der Waals surface area contributed by atoms with E-state index in [0.717, 1.165) is 83.5 Å². The third-order valence-corrected chi connectivity index (χ3v) is 8.81. The lowest BCUT2D eigenvalue weighted by Crippen LogP contribution is -2.49. The van der Waals surface area contributed by atoms with Gasteiger partial charge in [0, 0.05) is 37.1 Å². The van der Waals surface area contributed by atoms with E-state index < -0.39 is 24.3 Å². The van der Waals surface area contributed by atoms with Crippen molar-refractivity contribution in [2.45, 2.75) is 78.3 Å². The summed E-state index contributed by atoms with van der Waals surface area (Å²) in [7, 11) is 2.55. The van der Waals surface area contributed by atoms with Crippen molar-refractivity contribution in [2.75, 3.05) is 27.3 Å². The molecule has 0 spiro atoms. The second-order valence-electron chi connectivity index (χ2n) is 13.5. The first-order valence-corrected chi connectivity index (χ1v) is 17.9. The number of H-pyrrole nitrogens is 2. The number of amides is 4. The van der Waals surface area contributed by atoms with Crippen molar-refractivity contribution < 1.29 is 28.7 Å². The molecule has 4 aromatic rings. The lowest BCUT2D eigenvalue weighted by molar-refractivity contribution is -0.124. The molecule has 0 aliphatic heterocycles. The first-order valence-electron chi connectivity index (χ1n) is 17.9. The highest BCUT2D eigenvalue weighted by atomic mass is 16.5. The van der Waals surface area contributed by atoms with Gasteiger partial charge in [-0.3, -0.25) is 9.59 Å². The van der Waals surface area contributed by atoms with Crippen LogP contribution in [-0.2, 0) is 31.9 Å². The van der Waals surface area contributed by atoms with Crippen LogP contribution in [0, 0.1) is 11.8 Å². The Morgan fingerprint density at radius 1 is 0.635 bits per heavy atom. The molecule has 2 heterocycles. The zero-order valence-corrected chi connectivity index (χ0v) is 30.9. The van der Waals surface area contributed by atoms with Crippen LogP contribution >= 0.6 is 0 Å². The summed E-state index contributed by atoms with van der Waals surface area (Å²) in [4.78, 5) is 64.1. The minimum atomic E-state index is -0.646. The van der Waals surface area contributed by atoms with E-state index >= 15 is 0 Å². The normalized spacial score (nSPS) is 12.4. The third-order valence-electron chi connectivity index (χ3n) is 8.81. The van der Waals surface area contributed by atoms with E-state index in [1.54, 1.807) is 0 Å². The van der Waals surface area contributed by atoms with Crippen molar-refractivity contribution in [1.29, 1.82) is 0 Å². The van der Waals surface area contributed by atoms with Crippen molar-refractivity contribution in [1.82, 2.24) is 41.2 Å². The van der Waals surface area contributed by atoms with Crippen LogP contribution in [0.5, 0.6) is 0 Å². The topological polar surface area (TPSA) is 192 Å². The summed E-state index contributed by atoms with van der Waals surface area (Å²) < 4.78 is 9.25. The molecule has 0 aliphatic carbocycles. The number of methoxy groups -OCH3 is 2. The minimum absolute atomic E-state index is 0.0660. The highest BCUT2D eigenvalue weighted by Crippen LogP contribution is 2.28. The van der Waals surface area contributed by atoms with Gasteiger partial charge in [-0.15, -0.1) is 0 Å². The SMILES string of the molecule is COC(=O)NC(C(=O)NCCCCc1ncc(-c2ccc3cc(-c4cnc(CCCCNC(=O)C(NC(=O)OC)C(C)C)[nH]4)ccc3c2)[nH]1)C(C)C. The molecule has 14 heteroatoms. The maximum atomic E-state index is 12.5. The van der Waals surface area contributed by atoms with Crippen LogP contribution in [0.25, 0.3) is 33.3 Å². The summed E-state index contributed by atoms with van der Waals surface area (Å²) in [5, 5.41) is 13.2. The van der Waals surface area contributed by atoms with Gasteiger partial charge in [-0.05, 0) is 60.4 Å². The van der Waals surface area contributed by atoms with Crippen LogP contribution in [0.15, 0.2) is 48.8 Å². The number of aryl methyl sites for hydroxylation is 2. The van der Waals surface area contributed by atoms with E-state index in [1.165, 1.54) is 14.2 Å². The van der Waals surface area contributed by atoms with E-state index in [9.17, 15) is 19.2 Å². The number of carbonyl (C=O) groups is 4. The van der Waals surface area contributed by atoms with E-state index in [4.69, 9.17) is 0 Å². The molecular weight excluding hydrogens is 664 g/mol. The second-order valence-corrected chi connectivity index (χ2v) is 13.5. The van der Waals surface area contributed by atoms with Crippen LogP contribution in [-0.4, -0.2) is 83.3 Å². The van der Waals surface area contributed by atoms with Crippen molar-refractivity contribution in [2.24, 2.45) is 11.8 Å². The molecule has 4 rings (SSSR count). The Morgan fingerprint density at radius 2 is 1.04 bits per heavy atom. The smallest absolute Gasteiger partial charge is 0.407 e. The molecule has 0 radical (unpaired) electrons. The number of nitrogens with one attached hydrogen (secondary N) is 6. The molecule has 2 aromatic heterocycles. The molecule has 2 aromatic carbocycles. The van der Waals surface area contributed by atoms with Crippen LogP contribution in [0.4, 0.5) is 9.59 Å². The number of aromatic amines is 2. The molecule has 2 unspecified atom stereocenters. The fourth-order valence-corrected chi connectivity index (χ4v) is 5.77. The number of hydrogen-bond acceptors (Lipinski definition) is 8. The van der Waals surface area contributed by atoms with Crippen LogP contribution < -0.4 is 21.3 Å². The number of alkyl carbamates (subject to hydrolysis) is 2. The van der Waals surface area contributed by atoms with Gasteiger partial charge < -0.3 is 40.7 Å². The predicted octanol–water partition coefficient (Wildman–Crippen LogP) is 5.26. The second kappa shape index (κ2) is 19.3. The number of nitrogens with zero attached hydrogens (tertiary/aromatic N) is 2. The van der Waals surface area contributed by atoms with Gasteiger partial charge in [0.05, 0.1) is 38.0 Å². The molecule has 4 amide bonds. The van der Waals surface area contributed by atoms with E-state index in [0.29, 0.717) is 13.1 Å². The number of ether oxygens (including phenoxy) is 2. The highest BCUT2D eigenvalue weighted by Gasteiger charge is 2.25. The quantitative estimate of drug-likeness (QED) is 0.0751. The fourth-order valence-electron chi connectivity index (χ4n) is 5.77. The lowest BCUT2D eigenvalue weighted by atomic mass is 10.0. The predicted molar refractivity (Wildman–Crippen MR) is 199 cm³/mol. The van der Waals surface area contributed by atoms with Crippen LogP contribution in [0.1, 0.15) is 65.0 Å². The molecule has 0 aliphatic rings. The molecule has 0 saturated heterocycles. The van der Waals surface area contributed by atoms with Gasteiger partial charge in [0.1, 0.15) is 23.7 Å². The van der Waals surface area contributed by atoms with Gasteiger partial charge in [-0.1, -0.05) is 52.0 Å². The Kier molecular flexibility index (Phi) is 14.6. The van der Waals surface area contributed by atoms with Crippen molar-refractivity contribution in [3.63, 3.8) is 0 Å². The highest BCUT2D eigenvalue weighted by molar-refractivity contribution is 5.90. The molecule has 0 saturated carbocycles. The average Bonchev–Trinajstić information content (AvgIpc) is 3.81. The molecule has 6 N–H and O–H groups in total. The van der Waals surface area contributed by atoms with Gasteiger partial charge >= 0.3 is 12.2 Å². The van der Waals surface area contributed by atoms with Gasteiger partial charge in [-0.25, -0.2) is 19.6 Å². The molecule has 280 valence electrons. The zero-order chi connectivity index (χ0) is 37.6. The molecule has 2 atom stereocenters. The monoisotopic (exact) mass is 716 g/mol. The van der Waals surface area contributed by atoms with Crippen molar-refractivity contribution in [3.05, 3.63) is 60.4 Å². The van der Waals surface area contributed by atoms with Crippen LogP contribution in [0.3, 0.4) is 0 Å². The zero-order valence-electron chi connectivity index (χ0n) is 30.9. The molecule has 0 bridgehead atoms. The molecule has 0 fully saturated rings. The first kappa shape index (κ1) is 39.4. The summed E-state index contributed by atoms with van der Waals surface area (Å²) in [6.07, 6.45) is 7.19. The van der Waals surface area contributed by atoms with Crippen LogP contribution in [0.2, 0.25) is 0 Å². The molecule has 14 nitrogen and oxygen atoms in total. The number of rotatable bonds is 18. The molecular formula is C38H52N8O6. The fraction of sp³-hybridized carbons (Fsp3) is 0.474. The average molecular weight is 717 g/mol. The largest absolute Gasteiger partial charge is 0.453 e. The maximum absolute atomic E-state index is 12.5. The lowest BCUT2D eigenvalue weighted by Gasteiger charge is -2.20. The van der Waals surface area contributed by atoms with E-state index in [1.807, 2.05) is 40.1 Å². The number of fused-ring (bicyclic) bond motifs is 1. The standard InChI is InChI=1S/C38H52N8O6/c1-23(2)33(45-37(49)51-5)35(47)39-17-9-7-11-31-41-21-29(43-31)27-15-13-26-20-28(16-14-25(26)19-27)30-22-42-32(44-30)12-8-10-18-40-36(48)34(24(3)4)46-38(50)52-6/h13-16,19-24,33-34H,7-12,17-18H2,1-6H3,(H,39,47)(H,40,48)(H,41,43)(H,42,44)(H,45,49)(H,46,50). The number of imidazole rings is 2. The van der Waals surface area contributed by atoms with E-state index in [-0.39, 0.29) is 23.7 Å². The van der Waals surface area contributed by atoms with Gasteiger partial charge in [0.2, 0.25) is 11.8 Å². The van der Waals surface area contributed by atoms with E-state index in [2.05, 4.69) is 87.1 Å². The van der Waals surface area contributed by atoms with Crippen molar-refractivity contribution in [3.8, 4) is 22.5 Å². The Bertz CT molecular complexity index is 1670. The van der Waals surface area contributed by atoms with Gasteiger partial charge in [0.25, 0.3) is 0 Å². The number of unbranched alkanes of at least 4 members (excludes halogenated alkanes) is 2. The number of carbonyl (C=O) groups excluding carboxylic acids is 4. The maximum Gasteiger partial charge on any atom is 0.407 e. The third kappa shape index (κ3) is 11.3. The summed E-state index contributed by atoms with van der Waals surface area (Å²) in [6.45, 7) is 8.49. The van der Waals surface area contributed by atoms with Crippen molar-refractivity contribution >= 4 is 34.8 Å². The summed E-state index contributed by atoms with van der Waals surface area (Å²) in [6, 6.07) is 11.4. The summed E-state index contributed by atoms with van der Waals surface area (Å²) in [5.74, 6) is 1.19. The number of benzene rings is 2. The molecule has 52 heavy (non-hydrogen) atoms. The first-order chi connectivity index (χ1) is 25.0. The Morgan fingerprint density at radius 3 is 1.40 bits per heavy atom.